The van der Waals surface area contributed by atoms with Gasteiger partial charge in [-0.2, -0.15) is 0 Å². The standard InChI is InChI=1S/C16H21NO3/c1-11(2)17(10-12-4-3-5-12)15(18)13-6-8-14(9-7-13)16(19)20/h6-9,11-12H,3-5,10H2,1-2H3,(H,19,20). The number of hydrogen-bond acceptors (Lipinski definition) is 2. The minimum absolute atomic E-state index is 0.0103. The van der Waals surface area contributed by atoms with E-state index >= 15 is 0 Å². The summed E-state index contributed by atoms with van der Waals surface area (Å²) in [6.45, 7) is 4.83. The summed E-state index contributed by atoms with van der Waals surface area (Å²) in [6.07, 6.45) is 3.67. The van der Waals surface area contributed by atoms with Crippen molar-refractivity contribution in [3.63, 3.8) is 0 Å². The van der Waals surface area contributed by atoms with Crippen LogP contribution in [0.1, 0.15) is 53.8 Å². The van der Waals surface area contributed by atoms with E-state index in [1.54, 1.807) is 12.1 Å². The molecule has 20 heavy (non-hydrogen) atoms. The van der Waals surface area contributed by atoms with E-state index < -0.39 is 5.97 Å². The summed E-state index contributed by atoms with van der Waals surface area (Å²) >= 11 is 0. The molecule has 108 valence electrons. The molecule has 1 fully saturated rings. The lowest BCUT2D eigenvalue weighted by Gasteiger charge is -2.35. The molecule has 0 saturated heterocycles. The smallest absolute Gasteiger partial charge is 0.335 e. The Morgan fingerprint density at radius 2 is 1.75 bits per heavy atom. The SMILES string of the molecule is CC(C)N(CC1CCC1)C(=O)c1ccc(C(=O)O)cc1. The van der Waals surface area contributed by atoms with Crippen molar-refractivity contribution in [1.29, 1.82) is 0 Å². The summed E-state index contributed by atoms with van der Waals surface area (Å²) < 4.78 is 0. The predicted octanol–water partition coefficient (Wildman–Crippen LogP) is 3.04. The summed E-state index contributed by atoms with van der Waals surface area (Å²) in [5.74, 6) is -0.359. The first-order valence-corrected chi connectivity index (χ1v) is 7.13. The number of hydrogen-bond donors (Lipinski definition) is 1. The van der Waals surface area contributed by atoms with Crippen LogP contribution in [0.3, 0.4) is 0 Å². The minimum Gasteiger partial charge on any atom is -0.478 e. The molecule has 4 nitrogen and oxygen atoms in total. The molecular weight excluding hydrogens is 254 g/mol. The van der Waals surface area contributed by atoms with Crippen LogP contribution in [0.2, 0.25) is 0 Å². The third-order valence-corrected chi connectivity index (χ3v) is 3.94. The van der Waals surface area contributed by atoms with E-state index in [2.05, 4.69) is 0 Å². The normalized spacial score (nSPS) is 14.9. The fourth-order valence-corrected chi connectivity index (χ4v) is 2.40. The molecule has 0 aliphatic heterocycles. The second-order valence-electron chi connectivity index (χ2n) is 5.73. The van der Waals surface area contributed by atoms with Gasteiger partial charge in [0.1, 0.15) is 0 Å². The first kappa shape index (κ1) is 14.6. The molecule has 0 spiro atoms. The van der Waals surface area contributed by atoms with E-state index in [1.165, 1.54) is 31.4 Å². The lowest BCUT2D eigenvalue weighted by atomic mass is 9.85. The molecule has 1 saturated carbocycles. The molecule has 0 atom stereocenters. The Morgan fingerprint density at radius 3 is 2.15 bits per heavy atom. The number of carbonyl (C=O) groups is 2. The number of nitrogens with zero attached hydrogens (tertiary/aromatic N) is 1. The molecule has 0 radical (unpaired) electrons. The number of carboxylic acids is 1. The molecule has 0 aromatic heterocycles. The van der Waals surface area contributed by atoms with E-state index in [0.717, 1.165) is 6.54 Å². The van der Waals surface area contributed by atoms with Crippen LogP contribution in [-0.2, 0) is 0 Å². The van der Waals surface area contributed by atoms with Gasteiger partial charge in [0.2, 0.25) is 0 Å². The fraction of sp³-hybridized carbons (Fsp3) is 0.500. The van der Waals surface area contributed by atoms with Crippen LogP contribution in [0.25, 0.3) is 0 Å². The van der Waals surface area contributed by atoms with Crippen molar-refractivity contribution in [3.8, 4) is 0 Å². The van der Waals surface area contributed by atoms with Crippen LogP contribution in [0.15, 0.2) is 24.3 Å². The maximum atomic E-state index is 12.5. The maximum Gasteiger partial charge on any atom is 0.335 e. The average molecular weight is 275 g/mol. The quantitative estimate of drug-likeness (QED) is 0.898. The zero-order chi connectivity index (χ0) is 14.7. The van der Waals surface area contributed by atoms with Crippen molar-refractivity contribution in [2.75, 3.05) is 6.54 Å². The summed E-state index contributed by atoms with van der Waals surface area (Å²) in [4.78, 5) is 25.2. The van der Waals surface area contributed by atoms with Crippen molar-refractivity contribution in [2.24, 2.45) is 5.92 Å². The molecule has 1 aliphatic carbocycles. The van der Waals surface area contributed by atoms with Crippen molar-refractivity contribution in [3.05, 3.63) is 35.4 Å². The Morgan fingerprint density at radius 1 is 1.20 bits per heavy atom. The van der Waals surface area contributed by atoms with Crippen molar-refractivity contribution in [1.82, 2.24) is 4.90 Å². The van der Waals surface area contributed by atoms with Crippen LogP contribution < -0.4 is 0 Å². The highest BCUT2D eigenvalue weighted by Crippen LogP contribution is 2.28. The van der Waals surface area contributed by atoms with Gasteiger partial charge in [-0.1, -0.05) is 6.42 Å². The van der Waals surface area contributed by atoms with Gasteiger partial charge in [-0.25, -0.2) is 4.79 Å². The van der Waals surface area contributed by atoms with Crippen LogP contribution in [-0.4, -0.2) is 34.5 Å². The van der Waals surface area contributed by atoms with E-state index in [1.807, 2.05) is 18.7 Å². The highest BCUT2D eigenvalue weighted by molar-refractivity contribution is 5.96. The Hall–Kier alpha value is -1.84. The predicted molar refractivity (Wildman–Crippen MR) is 76.9 cm³/mol. The maximum absolute atomic E-state index is 12.5. The first-order valence-electron chi connectivity index (χ1n) is 7.13. The first-order chi connectivity index (χ1) is 9.49. The van der Waals surface area contributed by atoms with Gasteiger partial charge in [0, 0.05) is 18.2 Å². The number of benzene rings is 1. The van der Waals surface area contributed by atoms with E-state index in [0.29, 0.717) is 11.5 Å². The van der Waals surface area contributed by atoms with E-state index in [9.17, 15) is 9.59 Å². The molecule has 0 unspecified atom stereocenters. The van der Waals surface area contributed by atoms with E-state index in [4.69, 9.17) is 5.11 Å². The second kappa shape index (κ2) is 6.07. The number of amides is 1. The molecule has 1 aromatic rings. The van der Waals surface area contributed by atoms with Gasteiger partial charge < -0.3 is 10.0 Å². The topological polar surface area (TPSA) is 57.6 Å². The lowest BCUT2D eigenvalue weighted by molar-refractivity contribution is 0.0630. The third kappa shape index (κ3) is 3.18. The number of aromatic carboxylic acids is 1. The van der Waals surface area contributed by atoms with Crippen LogP contribution in [0.4, 0.5) is 0 Å². The Balaban J connectivity index is 2.11. The molecule has 1 aliphatic rings. The summed E-state index contributed by atoms with van der Waals surface area (Å²) in [5.41, 5.74) is 0.764. The van der Waals surface area contributed by atoms with Crippen molar-refractivity contribution >= 4 is 11.9 Å². The number of carboxylic acid groups (broad SMARTS) is 1. The van der Waals surface area contributed by atoms with Crippen molar-refractivity contribution in [2.45, 2.75) is 39.2 Å². The van der Waals surface area contributed by atoms with Gasteiger partial charge in [0.15, 0.2) is 0 Å². The van der Waals surface area contributed by atoms with Gasteiger partial charge in [-0.15, -0.1) is 0 Å². The number of rotatable bonds is 5. The molecule has 0 bridgehead atoms. The summed E-state index contributed by atoms with van der Waals surface area (Å²) in [7, 11) is 0. The Kier molecular flexibility index (Phi) is 4.42. The van der Waals surface area contributed by atoms with Crippen LogP contribution in [0.5, 0.6) is 0 Å². The Bertz CT molecular complexity index is 489. The highest BCUT2D eigenvalue weighted by atomic mass is 16.4. The number of carbonyl (C=O) groups excluding carboxylic acids is 1. The van der Waals surface area contributed by atoms with Gasteiger partial charge in [0.25, 0.3) is 5.91 Å². The van der Waals surface area contributed by atoms with Gasteiger partial charge in [-0.05, 0) is 56.9 Å². The average Bonchev–Trinajstić information content (AvgIpc) is 2.36. The molecule has 0 heterocycles. The molecule has 1 aromatic carbocycles. The third-order valence-electron chi connectivity index (χ3n) is 3.94. The van der Waals surface area contributed by atoms with Crippen LogP contribution >= 0.6 is 0 Å². The molecule has 1 N–H and O–H groups in total. The zero-order valence-corrected chi connectivity index (χ0v) is 12.0. The molecule has 2 rings (SSSR count). The lowest BCUT2D eigenvalue weighted by Crippen LogP contribution is -2.41. The largest absolute Gasteiger partial charge is 0.478 e. The van der Waals surface area contributed by atoms with Crippen molar-refractivity contribution < 1.29 is 14.7 Å². The summed E-state index contributed by atoms with van der Waals surface area (Å²) in [6, 6.07) is 6.32. The second-order valence-corrected chi connectivity index (χ2v) is 5.73. The highest BCUT2D eigenvalue weighted by Gasteiger charge is 2.26. The monoisotopic (exact) mass is 275 g/mol. The van der Waals surface area contributed by atoms with Crippen LogP contribution in [0, 0.1) is 5.92 Å². The molecule has 1 amide bonds. The summed E-state index contributed by atoms with van der Waals surface area (Å²) in [5, 5.41) is 8.87. The minimum atomic E-state index is -0.973. The van der Waals surface area contributed by atoms with Gasteiger partial charge in [0.05, 0.1) is 5.56 Å². The molecular formula is C16H21NO3. The van der Waals surface area contributed by atoms with E-state index in [-0.39, 0.29) is 17.5 Å². The van der Waals surface area contributed by atoms with Gasteiger partial charge >= 0.3 is 5.97 Å². The zero-order valence-electron chi connectivity index (χ0n) is 12.0. The fourth-order valence-electron chi connectivity index (χ4n) is 2.40. The van der Waals surface area contributed by atoms with Gasteiger partial charge in [-0.3, -0.25) is 4.79 Å². The molecule has 4 heteroatoms. The Labute approximate surface area is 119 Å².